The molecule has 1 aliphatic rings. The van der Waals surface area contributed by atoms with E-state index in [2.05, 4.69) is 22.2 Å². The fraction of sp³-hybridized carbons (Fsp3) is 0.444. The molecular formula is C18H23ClN4O. The van der Waals surface area contributed by atoms with Crippen LogP contribution in [0.1, 0.15) is 25.3 Å². The summed E-state index contributed by atoms with van der Waals surface area (Å²) in [6.07, 6.45) is 4.11. The number of carbonyl (C=O) groups excluding carboxylic acids is 1. The van der Waals surface area contributed by atoms with E-state index in [1.54, 1.807) is 10.9 Å². The van der Waals surface area contributed by atoms with E-state index in [-0.39, 0.29) is 5.91 Å². The number of rotatable bonds is 5. The van der Waals surface area contributed by atoms with Crippen molar-refractivity contribution in [2.45, 2.75) is 26.3 Å². The summed E-state index contributed by atoms with van der Waals surface area (Å²) in [7, 11) is 0. The Balaban J connectivity index is 1.61. The molecule has 0 bridgehead atoms. The number of hydrogen-bond acceptors (Lipinski definition) is 3. The van der Waals surface area contributed by atoms with Gasteiger partial charge in [0.2, 0.25) is 5.91 Å². The highest BCUT2D eigenvalue weighted by atomic mass is 35.5. The molecule has 1 aromatic carbocycles. The van der Waals surface area contributed by atoms with Gasteiger partial charge >= 0.3 is 0 Å². The third-order valence-corrected chi connectivity index (χ3v) is 4.74. The molecule has 1 N–H and O–H groups in total. The van der Waals surface area contributed by atoms with Crippen LogP contribution in [0.2, 0.25) is 5.02 Å². The molecular weight excluding hydrogens is 324 g/mol. The van der Waals surface area contributed by atoms with Gasteiger partial charge in [-0.15, -0.1) is 0 Å². The Morgan fingerprint density at radius 1 is 1.38 bits per heavy atom. The molecule has 1 aliphatic heterocycles. The number of halogens is 1. The lowest BCUT2D eigenvalue weighted by molar-refractivity contribution is -0.117. The molecule has 1 aromatic heterocycles. The van der Waals surface area contributed by atoms with Crippen molar-refractivity contribution in [1.29, 1.82) is 0 Å². The van der Waals surface area contributed by atoms with Gasteiger partial charge in [0, 0.05) is 17.6 Å². The topological polar surface area (TPSA) is 50.2 Å². The van der Waals surface area contributed by atoms with E-state index in [9.17, 15) is 4.79 Å². The Hall–Kier alpha value is -1.85. The average Bonchev–Trinajstić information content (AvgIpc) is 2.96. The lowest BCUT2D eigenvalue weighted by Crippen LogP contribution is -2.40. The summed E-state index contributed by atoms with van der Waals surface area (Å²) in [6, 6.07) is 9.48. The summed E-state index contributed by atoms with van der Waals surface area (Å²) in [5, 5.41) is 7.96. The SMILES string of the molecule is CC1CCCN(CC(=O)Nc2ccnn2Cc2ccccc2Cl)C1. The van der Waals surface area contributed by atoms with Crippen molar-refractivity contribution in [3.8, 4) is 0 Å². The first kappa shape index (κ1) is 17.0. The molecule has 1 saturated heterocycles. The van der Waals surface area contributed by atoms with Gasteiger partial charge in [-0.1, -0.05) is 36.7 Å². The highest BCUT2D eigenvalue weighted by Crippen LogP contribution is 2.18. The molecule has 0 saturated carbocycles. The zero-order valence-electron chi connectivity index (χ0n) is 13.9. The van der Waals surface area contributed by atoms with Crippen molar-refractivity contribution >= 4 is 23.3 Å². The van der Waals surface area contributed by atoms with Crippen molar-refractivity contribution < 1.29 is 4.79 Å². The van der Waals surface area contributed by atoms with Gasteiger partial charge in [0.05, 0.1) is 19.3 Å². The molecule has 1 atom stereocenters. The maximum atomic E-state index is 12.3. The molecule has 128 valence electrons. The van der Waals surface area contributed by atoms with Crippen molar-refractivity contribution in [3.63, 3.8) is 0 Å². The van der Waals surface area contributed by atoms with E-state index in [1.807, 2.05) is 30.3 Å². The first-order valence-electron chi connectivity index (χ1n) is 8.39. The van der Waals surface area contributed by atoms with Crippen molar-refractivity contribution in [2.24, 2.45) is 5.92 Å². The van der Waals surface area contributed by atoms with Gasteiger partial charge in [-0.3, -0.25) is 9.69 Å². The Labute approximate surface area is 147 Å². The first-order valence-corrected chi connectivity index (χ1v) is 8.77. The number of likely N-dealkylation sites (tertiary alicyclic amines) is 1. The summed E-state index contributed by atoms with van der Waals surface area (Å²) in [6.45, 7) is 5.19. The number of aromatic nitrogens is 2. The smallest absolute Gasteiger partial charge is 0.239 e. The van der Waals surface area contributed by atoms with E-state index in [1.165, 1.54) is 12.8 Å². The number of benzene rings is 1. The summed E-state index contributed by atoms with van der Waals surface area (Å²) in [5.74, 6) is 1.37. The van der Waals surface area contributed by atoms with Crippen LogP contribution in [-0.2, 0) is 11.3 Å². The largest absolute Gasteiger partial charge is 0.310 e. The number of anilines is 1. The molecule has 1 unspecified atom stereocenters. The van der Waals surface area contributed by atoms with Crippen molar-refractivity contribution in [2.75, 3.05) is 25.0 Å². The second-order valence-electron chi connectivity index (χ2n) is 6.50. The van der Waals surface area contributed by atoms with E-state index in [0.29, 0.717) is 29.8 Å². The van der Waals surface area contributed by atoms with Gasteiger partial charge in [-0.05, 0) is 36.9 Å². The highest BCUT2D eigenvalue weighted by Gasteiger charge is 2.19. The zero-order valence-corrected chi connectivity index (χ0v) is 14.7. The molecule has 6 heteroatoms. The fourth-order valence-corrected chi connectivity index (χ4v) is 3.36. The number of amides is 1. The van der Waals surface area contributed by atoms with Crippen molar-refractivity contribution in [1.82, 2.24) is 14.7 Å². The third-order valence-electron chi connectivity index (χ3n) is 4.37. The monoisotopic (exact) mass is 346 g/mol. The van der Waals surface area contributed by atoms with Crippen LogP contribution in [0.4, 0.5) is 5.82 Å². The standard InChI is InChI=1S/C18H23ClN4O/c1-14-5-4-10-22(11-14)13-18(24)21-17-8-9-20-23(17)12-15-6-2-3-7-16(15)19/h2-3,6-9,14H,4-5,10-13H2,1H3,(H,21,24). The molecule has 0 aliphatic carbocycles. The zero-order chi connectivity index (χ0) is 16.9. The Kier molecular flexibility index (Phi) is 5.53. The van der Waals surface area contributed by atoms with Crippen LogP contribution in [0, 0.1) is 5.92 Å². The van der Waals surface area contributed by atoms with E-state index in [4.69, 9.17) is 11.6 Å². The van der Waals surface area contributed by atoms with Gasteiger partial charge in [0.1, 0.15) is 5.82 Å². The van der Waals surface area contributed by atoms with Crippen LogP contribution < -0.4 is 5.32 Å². The van der Waals surface area contributed by atoms with Gasteiger partial charge < -0.3 is 5.32 Å². The quantitative estimate of drug-likeness (QED) is 0.904. The molecule has 2 aromatic rings. The summed E-state index contributed by atoms with van der Waals surface area (Å²) in [5.41, 5.74) is 0.975. The number of hydrogen-bond donors (Lipinski definition) is 1. The molecule has 0 spiro atoms. The summed E-state index contributed by atoms with van der Waals surface area (Å²) in [4.78, 5) is 14.6. The maximum absolute atomic E-state index is 12.3. The van der Waals surface area contributed by atoms with Gasteiger partial charge in [-0.25, -0.2) is 4.68 Å². The highest BCUT2D eigenvalue weighted by molar-refractivity contribution is 6.31. The fourth-order valence-electron chi connectivity index (χ4n) is 3.17. The Morgan fingerprint density at radius 3 is 3.00 bits per heavy atom. The predicted molar refractivity (Wildman–Crippen MR) is 96.2 cm³/mol. The number of piperidine rings is 1. The van der Waals surface area contributed by atoms with Crippen molar-refractivity contribution in [3.05, 3.63) is 47.1 Å². The Bertz CT molecular complexity index is 700. The molecule has 1 fully saturated rings. The molecule has 0 radical (unpaired) electrons. The minimum absolute atomic E-state index is 0.00464. The van der Waals surface area contributed by atoms with Crippen LogP contribution in [0.25, 0.3) is 0 Å². The van der Waals surface area contributed by atoms with E-state index < -0.39 is 0 Å². The van der Waals surface area contributed by atoms with Crippen LogP contribution >= 0.6 is 11.6 Å². The van der Waals surface area contributed by atoms with Crippen LogP contribution in [0.3, 0.4) is 0 Å². The number of nitrogens with one attached hydrogen (secondary N) is 1. The molecule has 24 heavy (non-hydrogen) atoms. The second kappa shape index (κ2) is 7.81. The second-order valence-corrected chi connectivity index (χ2v) is 6.90. The first-order chi connectivity index (χ1) is 11.6. The lowest BCUT2D eigenvalue weighted by Gasteiger charge is -2.30. The normalized spacial score (nSPS) is 18.5. The maximum Gasteiger partial charge on any atom is 0.239 e. The minimum Gasteiger partial charge on any atom is -0.310 e. The van der Waals surface area contributed by atoms with Gasteiger partial charge in [-0.2, -0.15) is 5.10 Å². The summed E-state index contributed by atoms with van der Waals surface area (Å²) < 4.78 is 1.76. The summed E-state index contributed by atoms with van der Waals surface area (Å²) >= 11 is 6.21. The van der Waals surface area contributed by atoms with E-state index >= 15 is 0 Å². The lowest BCUT2D eigenvalue weighted by atomic mass is 10.0. The minimum atomic E-state index is 0.00464. The number of carbonyl (C=O) groups is 1. The Morgan fingerprint density at radius 2 is 2.21 bits per heavy atom. The van der Waals surface area contributed by atoms with Crippen LogP contribution in [0.15, 0.2) is 36.5 Å². The van der Waals surface area contributed by atoms with Crippen LogP contribution in [-0.4, -0.2) is 40.2 Å². The third kappa shape index (κ3) is 4.36. The molecule has 5 nitrogen and oxygen atoms in total. The molecule has 1 amide bonds. The number of nitrogens with zero attached hydrogens (tertiary/aromatic N) is 3. The van der Waals surface area contributed by atoms with E-state index in [0.717, 1.165) is 18.7 Å². The average molecular weight is 347 g/mol. The van der Waals surface area contributed by atoms with Gasteiger partial charge in [0.15, 0.2) is 0 Å². The van der Waals surface area contributed by atoms with Gasteiger partial charge in [0.25, 0.3) is 0 Å². The predicted octanol–water partition coefficient (Wildman–Crippen LogP) is 3.26. The van der Waals surface area contributed by atoms with Crippen LogP contribution in [0.5, 0.6) is 0 Å². The molecule has 2 heterocycles. The molecule has 3 rings (SSSR count).